The van der Waals surface area contributed by atoms with Crippen LogP contribution in [0.2, 0.25) is 0 Å². The molecule has 6 nitrogen and oxygen atoms in total. The van der Waals surface area contributed by atoms with Gasteiger partial charge in [0.25, 0.3) is 5.91 Å². The third kappa shape index (κ3) is 4.17. The van der Waals surface area contributed by atoms with Gasteiger partial charge in [-0.25, -0.2) is 4.98 Å². The quantitative estimate of drug-likeness (QED) is 0.728. The predicted molar refractivity (Wildman–Crippen MR) is 103 cm³/mol. The first-order valence-electron chi connectivity index (χ1n) is 8.79. The van der Waals surface area contributed by atoms with Gasteiger partial charge in [-0.15, -0.1) is 0 Å². The summed E-state index contributed by atoms with van der Waals surface area (Å²) in [5.74, 6) is 0.143. The van der Waals surface area contributed by atoms with Crippen molar-refractivity contribution in [3.05, 3.63) is 72.6 Å². The first kappa shape index (κ1) is 16.9. The number of amides is 2. The second kappa shape index (κ2) is 7.37. The molecule has 0 aliphatic heterocycles. The second-order valence-electron chi connectivity index (χ2n) is 6.45. The molecule has 0 radical (unpaired) electrons. The van der Waals surface area contributed by atoms with E-state index in [1.54, 1.807) is 18.3 Å². The van der Waals surface area contributed by atoms with Crippen LogP contribution in [0.4, 0.5) is 11.5 Å². The number of carbonyl (C=O) groups excluding carboxylic acids is 2. The maximum Gasteiger partial charge on any atom is 0.255 e. The summed E-state index contributed by atoms with van der Waals surface area (Å²) in [5.41, 5.74) is 2.87. The van der Waals surface area contributed by atoms with Gasteiger partial charge in [0.15, 0.2) is 0 Å². The fraction of sp³-hybridized carbons (Fsp3) is 0.143. The monoisotopic (exact) mass is 358 g/mol. The summed E-state index contributed by atoms with van der Waals surface area (Å²) in [5, 5.41) is 5.56. The van der Waals surface area contributed by atoms with Gasteiger partial charge in [-0.05, 0) is 37.1 Å². The van der Waals surface area contributed by atoms with Crippen LogP contribution in [0.15, 0.2) is 67.0 Å². The minimum atomic E-state index is -0.284. The topological polar surface area (TPSA) is 84.0 Å². The van der Waals surface area contributed by atoms with Crippen molar-refractivity contribution in [3.8, 4) is 11.3 Å². The second-order valence-corrected chi connectivity index (χ2v) is 6.45. The number of hydrogen-bond donors (Lipinski definition) is 2. The van der Waals surface area contributed by atoms with Crippen LogP contribution in [-0.2, 0) is 4.79 Å². The van der Waals surface area contributed by atoms with Gasteiger partial charge >= 0.3 is 0 Å². The minimum absolute atomic E-state index is 0.0410. The largest absolute Gasteiger partial charge is 0.321 e. The molecule has 1 aromatic carbocycles. The zero-order chi connectivity index (χ0) is 18.6. The first-order chi connectivity index (χ1) is 13.2. The van der Waals surface area contributed by atoms with Crippen LogP contribution in [-0.4, -0.2) is 21.8 Å². The molecule has 1 aliphatic rings. The van der Waals surface area contributed by atoms with Gasteiger partial charge in [-0.3, -0.25) is 14.6 Å². The van der Waals surface area contributed by atoms with Crippen molar-refractivity contribution < 1.29 is 9.59 Å². The summed E-state index contributed by atoms with van der Waals surface area (Å²) in [4.78, 5) is 32.8. The third-order valence-corrected chi connectivity index (χ3v) is 4.31. The molecule has 4 rings (SSSR count). The van der Waals surface area contributed by atoms with Gasteiger partial charge in [0.1, 0.15) is 5.82 Å². The van der Waals surface area contributed by atoms with Crippen LogP contribution in [0.1, 0.15) is 23.2 Å². The Hall–Kier alpha value is -3.54. The summed E-state index contributed by atoms with van der Waals surface area (Å²) >= 11 is 0. The number of nitrogens with zero attached hydrogens (tertiary/aromatic N) is 2. The lowest BCUT2D eigenvalue weighted by Crippen LogP contribution is -2.16. The average Bonchev–Trinajstić information content (AvgIpc) is 3.55. The van der Waals surface area contributed by atoms with Crippen molar-refractivity contribution >= 4 is 23.3 Å². The van der Waals surface area contributed by atoms with Crippen molar-refractivity contribution in [3.63, 3.8) is 0 Å². The Balaban J connectivity index is 1.43. The molecular weight excluding hydrogens is 340 g/mol. The highest BCUT2D eigenvalue weighted by Crippen LogP contribution is 2.30. The number of rotatable bonds is 5. The minimum Gasteiger partial charge on any atom is -0.321 e. The van der Waals surface area contributed by atoms with Crippen LogP contribution in [0, 0.1) is 5.92 Å². The molecule has 0 spiro atoms. The molecule has 1 aliphatic carbocycles. The van der Waals surface area contributed by atoms with Gasteiger partial charge < -0.3 is 10.6 Å². The van der Waals surface area contributed by atoms with Crippen LogP contribution in [0.25, 0.3) is 11.3 Å². The van der Waals surface area contributed by atoms with Gasteiger partial charge in [0, 0.05) is 23.2 Å². The molecule has 2 N–H and O–H groups in total. The van der Waals surface area contributed by atoms with Crippen molar-refractivity contribution in [2.45, 2.75) is 12.8 Å². The lowest BCUT2D eigenvalue weighted by molar-refractivity contribution is -0.117. The van der Waals surface area contributed by atoms with Crippen LogP contribution < -0.4 is 10.6 Å². The van der Waals surface area contributed by atoms with Crippen molar-refractivity contribution in [1.82, 2.24) is 9.97 Å². The normalized spacial score (nSPS) is 13.0. The lowest BCUT2D eigenvalue weighted by atomic mass is 10.1. The van der Waals surface area contributed by atoms with E-state index < -0.39 is 0 Å². The smallest absolute Gasteiger partial charge is 0.255 e. The summed E-state index contributed by atoms with van der Waals surface area (Å²) in [6, 6.07) is 16.7. The Morgan fingerprint density at radius 2 is 1.74 bits per heavy atom. The van der Waals surface area contributed by atoms with E-state index in [1.807, 2.05) is 42.5 Å². The van der Waals surface area contributed by atoms with E-state index in [0.717, 1.165) is 24.1 Å². The maximum atomic E-state index is 12.5. The first-order valence-corrected chi connectivity index (χ1v) is 8.79. The van der Waals surface area contributed by atoms with Crippen molar-refractivity contribution in [2.75, 3.05) is 10.6 Å². The van der Waals surface area contributed by atoms with E-state index in [4.69, 9.17) is 0 Å². The van der Waals surface area contributed by atoms with Gasteiger partial charge in [-0.2, -0.15) is 0 Å². The number of hydrogen-bond acceptors (Lipinski definition) is 4. The molecule has 2 heterocycles. The van der Waals surface area contributed by atoms with Crippen molar-refractivity contribution in [2.24, 2.45) is 5.92 Å². The number of pyridine rings is 2. The molecule has 1 saturated carbocycles. The molecule has 2 amide bonds. The fourth-order valence-electron chi connectivity index (χ4n) is 2.66. The third-order valence-electron chi connectivity index (χ3n) is 4.31. The highest BCUT2D eigenvalue weighted by molar-refractivity contribution is 6.05. The standard InChI is InChI=1S/C21H18N4O2/c26-20(15-6-7-15)25-19-12-16(10-11-22-19)21(27)24-17-8-9-18(23-13-17)14-4-2-1-3-5-14/h1-5,8-13,15H,6-7H2,(H,24,27)(H,22,25,26). The van der Waals surface area contributed by atoms with Gasteiger partial charge in [-0.1, -0.05) is 30.3 Å². The number of nitrogens with one attached hydrogen (secondary N) is 2. The Kier molecular flexibility index (Phi) is 4.61. The number of benzene rings is 1. The van der Waals surface area contributed by atoms with Crippen LogP contribution >= 0.6 is 0 Å². The van der Waals surface area contributed by atoms with Crippen LogP contribution in [0.3, 0.4) is 0 Å². The van der Waals surface area contributed by atoms with Gasteiger partial charge in [0.2, 0.25) is 5.91 Å². The highest BCUT2D eigenvalue weighted by Gasteiger charge is 2.29. The number of carbonyl (C=O) groups is 2. The van der Waals surface area contributed by atoms with E-state index >= 15 is 0 Å². The SMILES string of the molecule is O=C(Nc1ccc(-c2ccccc2)nc1)c1ccnc(NC(=O)C2CC2)c1. The van der Waals surface area contributed by atoms with E-state index in [9.17, 15) is 9.59 Å². The molecule has 6 heteroatoms. The summed E-state index contributed by atoms with van der Waals surface area (Å²) in [6.07, 6.45) is 4.96. The van der Waals surface area contributed by atoms with Gasteiger partial charge in [0.05, 0.1) is 17.6 Å². The number of anilines is 2. The lowest BCUT2D eigenvalue weighted by Gasteiger charge is -2.08. The summed E-state index contributed by atoms with van der Waals surface area (Å²) < 4.78 is 0. The van der Waals surface area contributed by atoms with Crippen molar-refractivity contribution in [1.29, 1.82) is 0 Å². The molecule has 2 aromatic heterocycles. The molecule has 134 valence electrons. The Labute approximate surface area is 156 Å². The molecule has 1 fully saturated rings. The summed E-state index contributed by atoms with van der Waals surface area (Å²) in [7, 11) is 0. The number of aromatic nitrogens is 2. The zero-order valence-corrected chi connectivity index (χ0v) is 14.6. The molecule has 3 aromatic rings. The molecular formula is C21H18N4O2. The van der Waals surface area contributed by atoms with E-state index in [-0.39, 0.29) is 17.7 Å². The fourth-order valence-corrected chi connectivity index (χ4v) is 2.66. The molecule has 0 bridgehead atoms. The Morgan fingerprint density at radius 3 is 2.44 bits per heavy atom. The molecule has 0 unspecified atom stereocenters. The zero-order valence-electron chi connectivity index (χ0n) is 14.6. The predicted octanol–water partition coefficient (Wildman–Crippen LogP) is 3.74. The Morgan fingerprint density at radius 1 is 0.926 bits per heavy atom. The summed E-state index contributed by atoms with van der Waals surface area (Å²) in [6.45, 7) is 0. The van der Waals surface area contributed by atoms with E-state index in [2.05, 4.69) is 20.6 Å². The maximum absolute atomic E-state index is 12.5. The highest BCUT2D eigenvalue weighted by atomic mass is 16.2. The average molecular weight is 358 g/mol. The molecule has 0 atom stereocenters. The van der Waals surface area contributed by atoms with E-state index in [0.29, 0.717) is 17.1 Å². The molecule has 27 heavy (non-hydrogen) atoms. The molecule has 0 saturated heterocycles. The van der Waals surface area contributed by atoms with E-state index in [1.165, 1.54) is 6.20 Å². The Bertz CT molecular complexity index is 967. The van der Waals surface area contributed by atoms with Crippen LogP contribution in [0.5, 0.6) is 0 Å².